The number of nitrogens with one attached hydrogen (secondary N) is 2. The van der Waals surface area contributed by atoms with Crippen LogP contribution in [0.1, 0.15) is 57.4 Å². The Morgan fingerprint density at radius 2 is 1.96 bits per heavy atom. The summed E-state index contributed by atoms with van der Waals surface area (Å²) < 4.78 is 13.5. The number of anilines is 2. The van der Waals surface area contributed by atoms with Gasteiger partial charge in [0, 0.05) is 19.1 Å². The number of aryl methyl sites for hydroxylation is 1. The van der Waals surface area contributed by atoms with E-state index in [4.69, 9.17) is 4.98 Å². The molecule has 3 aromatic rings. The Labute approximate surface area is 146 Å². The molecular formula is C18H23FN6. The van der Waals surface area contributed by atoms with Gasteiger partial charge in [0.05, 0.1) is 11.6 Å². The number of rotatable bonds is 3. The lowest BCUT2D eigenvalue weighted by molar-refractivity contribution is 0.559. The Bertz CT molecular complexity index is 889. The Balaban J connectivity index is 0.00000196. The Morgan fingerprint density at radius 1 is 1.16 bits per heavy atom. The number of pyridine rings is 1. The highest BCUT2D eigenvalue weighted by atomic mass is 19.1. The van der Waals surface area contributed by atoms with Crippen molar-refractivity contribution in [3.05, 3.63) is 35.7 Å². The van der Waals surface area contributed by atoms with Crippen LogP contribution in [0, 0.1) is 12.7 Å². The van der Waals surface area contributed by atoms with E-state index in [2.05, 4.69) is 25.5 Å². The molecule has 132 valence electrons. The minimum Gasteiger partial charge on any atom is -0.325 e. The van der Waals surface area contributed by atoms with Gasteiger partial charge in [-0.05, 0) is 25.8 Å². The van der Waals surface area contributed by atoms with Gasteiger partial charge in [-0.2, -0.15) is 5.10 Å². The van der Waals surface area contributed by atoms with Crippen LogP contribution in [0.5, 0.6) is 0 Å². The Morgan fingerprint density at radius 3 is 2.76 bits per heavy atom. The van der Waals surface area contributed by atoms with Crippen LogP contribution in [0.15, 0.2) is 18.3 Å². The number of nitrogens with zero attached hydrogens (tertiary/aromatic N) is 4. The zero-order chi connectivity index (χ0) is 17.2. The summed E-state index contributed by atoms with van der Waals surface area (Å²) in [5.41, 5.74) is 1.39. The van der Waals surface area contributed by atoms with E-state index in [0.717, 1.165) is 30.6 Å². The number of hydrogen-bond acceptors (Lipinski definition) is 5. The molecule has 6 nitrogen and oxygen atoms in total. The standard InChI is InChI=1S/C18H21FN6.H2/c1-11-8-15(22-16(21-11)12-6-4-2-3-5-7-12)23-18-14-9-13(19)10-20-17(14)24-25-18;/h8-10,12H,2-7H2,1H3,(H2,20,21,22,23,24,25);1H. The third kappa shape index (κ3) is 3.45. The fourth-order valence-electron chi connectivity index (χ4n) is 3.47. The minimum atomic E-state index is -0.394. The first kappa shape index (κ1) is 15.9. The molecule has 0 bridgehead atoms. The van der Waals surface area contributed by atoms with Crippen molar-refractivity contribution in [2.45, 2.75) is 51.4 Å². The van der Waals surface area contributed by atoms with Gasteiger partial charge >= 0.3 is 0 Å². The van der Waals surface area contributed by atoms with Gasteiger partial charge in [-0.3, -0.25) is 5.10 Å². The lowest BCUT2D eigenvalue weighted by Crippen LogP contribution is -2.07. The van der Waals surface area contributed by atoms with Crippen molar-refractivity contribution in [3.63, 3.8) is 0 Å². The summed E-state index contributed by atoms with van der Waals surface area (Å²) in [5, 5.41) is 10.8. The molecule has 0 radical (unpaired) electrons. The molecule has 3 heterocycles. The fraction of sp³-hybridized carbons (Fsp3) is 0.444. The summed E-state index contributed by atoms with van der Waals surface area (Å²) in [6, 6.07) is 3.30. The van der Waals surface area contributed by atoms with Gasteiger partial charge in [0.2, 0.25) is 0 Å². The second kappa shape index (κ2) is 6.74. The fourth-order valence-corrected chi connectivity index (χ4v) is 3.47. The van der Waals surface area contributed by atoms with Crippen molar-refractivity contribution in [3.8, 4) is 0 Å². The summed E-state index contributed by atoms with van der Waals surface area (Å²) in [5.74, 6) is 2.21. The van der Waals surface area contributed by atoms with E-state index >= 15 is 0 Å². The van der Waals surface area contributed by atoms with Gasteiger partial charge in [-0.25, -0.2) is 19.3 Å². The van der Waals surface area contributed by atoms with Gasteiger partial charge in [0.15, 0.2) is 5.65 Å². The summed E-state index contributed by atoms with van der Waals surface area (Å²) in [6.45, 7) is 1.97. The second-order valence-electron chi connectivity index (χ2n) is 6.69. The molecule has 0 unspecified atom stereocenters. The first-order valence-electron chi connectivity index (χ1n) is 8.81. The summed E-state index contributed by atoms with van der Waals surface area (Å²) in [4.78, 5) is 13.3. The highest BCUT2D eigenvalue weighted by Gasteiger charge is 2.18. The highest BCUT2D eigenvalue weighted by molar-refractivity contribution is 5.88. The number of H-pyrrole nitrogens is 1. The molecule has 0 spiro atoms. The summed E-state index contributed by atoms with van der Waals surface area (Å²) in [6.07, 6.45) is 8.52. The molecule has 2 N–H and O–H groups in total. The lowest BCUT2D eigenvalue weighted by Gasteiger charge is -2.14. The number of aromatic amines is 1. The molecule has 3 aromatic heterocycles. The molecule has 1 saturated carbocycles. The Kier molecular flexibility index (Phi) is 4.29. The number of fused-ring (bicyclic) bond motifs is 1. The predicted molar refractivity (Wildman–Crippen MR) is 96.5 cm³/mol. The largest absolute Gasteiger partial charge is 0.325 e. The van der Waals surface area contributed by atoms with Crippen molar-refractivity contribution >= 4 is 22.7 Å². The monoisotopic (exact) mass is 342 g/mol. The normalized spacial score (nSPS) is 16.1. The number of halogens is 1. The first-order valence-corrected chi connectivity index (χ1v) is 8.81. The third-order valence-electron chi connectivity index (χ3n) is 4.72. The van der Waals surface area contributed by atoms with Crippen LogP contribution in [-0.4, -0.2) is 25.1 Å². The highest BCUT2D eigenvalue weighted by Crippen LogP contribution is 2.31. The maximum Gasteiger partial charge on any atom is 0.183 e. The van der Waals surface area contributed by atoms with Crippen LogP contribution in [0.4, 0.5) is 16.0 Å². The van der Waals surface area contributed by atoms with Gasteiger partial charge in [0.1, 0.15) is 23.3 Å². The maximum atomic E-state index is 13.5. The van der Waals surface area contributed by atoms with E-state index in [-0.39, 0.29) is 1.43 Å². The van der Waals surface area contributed by atoms with E-state index in [1.165, 1.54) is 31.7 Å². The van der Waals surface area contributed by atoms with E-state index in [0.29, 0.717) is 28.6 Å². The van der Waals surface area contributed by atoms with Crippen molar-refractivity contribution < 1.29 is 5.82 Å². The SMILES string of the molecule is Cc1cc(Nc2[nH]nc3ncc(F)cc23)nc(C2CCCCCC2)n1.[HH]. The Hall–Kier alpha value is -2.57. The van der Waals surface area contributed by atoms with Gasteiger partial charge in [-0.1, -0.05) is 25.7 Å². The minimum absolute atomic E-state index is 0. The molecule has 7 heteroatoms. The zero-order valence-corrected chi connectivity index (χ0v) is 14.2. The van der Waals surface area contributed by atoms with Crippen LogP contribution in [0.25, 0.3) is 11.0 Å². The molecule has 0 atom stereocenters. The van der Waals surface area contributed by atoms with Crippen molar-refractivity contribution in [2.24, 2.45) is 0 Å². The van der Waals surface area contributed by atoms with Crippen LogP contribution < -0.4 is 5.32 Å². The van der Waals surface area contributed by atoms with E-state index in [9.17, 15) is 4.39 Å². The molecule has 0 aromatic carbocycles. The van der Waals surface area contributed by atoms with Gasteiger partial charge < -0.3 is 5.32 Å². The smallest absolute Gasteiger partial charge is 0.183 e. The molecule has 0 saturated heterocycles. The average Bonchev–Trinajstić information content (AvgIpc) is 2.82. The van der Waals surface area contributed by atoms with Crippen molar-refractivity contribution in [2.75, 3.05) is 5.32 Å². The third-order valence-corrected chi connectivity index (χ3v) is 4.72. The molecule has 1 aliphatic carbocycles. The van der Waals surface area contributed by atoms with E-state index < -0.39 is 5.82 Å². The van der Waals surface area contributed by atoms with Crippen molar-refractivity contribution in [1.29, 1.82) is 0 Å². The topological polar surface area (TPSA) is 79.4 Å². The molecule has 4 rings (SSSR count). The predicted octanol–water partition coefficient (Wildman–Crippen LogP) is 4.62. The van der Waals surface area contributed by atoms with Gasteiger partial charge in [0.25, 0.3) is 0 Å². The van der Waals surface area contributed by atoms with Crippen LogP contribution >= 0.6 is 0 Å². The molecule has 1 aliphatic rings. The molecular weight excluding hydrogens is 319 g/mol. The second-order valence-corrected chi connectivity index (χ2v) is 6.69. The molecule has 25 heavy (non-hydrogen) atoms. The molecule has 0 amide bonds. The average molecular weight is 342 g/mol. The van der Waals surface area contributed by atoms with Crippen LogP contribution in [-0.2, 0) is 0 Å². The summed E-state index contributed by atoms with van der Waals surface area (Å²) >= 11 is 0. The van der Waals surface area contributed by atoms with E-state index in [1.807, 2.05) is 13.0 Å². The first-order chi connectivity index (χ1) is 12.2. The quantitative estimate of drug-likeness (QED) is 0.679. The summed E-state index contributed by atoms with van der Waals surface area (Å²) in [7, 11) is 0. The van der Waals surface area contributed by atoms with Gasteiger partial charge in [-0.15, -0.1) is 0 Å². The van der Waals surface area contributed by atoms with Crippen molar-refractivity contribution in [1.82, 2.24) is 25.1 Å². The zero-order valence-electron chi connectivity index (χ0n) is 14.2. The van der Waals surface area contributed by atoms with E-state index in [1.54, 1.807) is 0 Å². The van der Waals surface area contributed by atoms with Crippen LogP contribution in [0.2, 0.25) is 0 Å². The molecule has 1 fully saturated rings. The van der Waals surface area contributed by atoms with Crippen LogP contribution in [0.3, 0.4) is 0 Å². The number of hydrogen-bond donors (Lipinski definition) is 2. The lowest BCUT2D eigenvalue weighted by atomic mass is 9.99. The maximum absolute atomic E-state index is 13.5. The molecule has 0 aliphatic heterocycles. The number of aromatic nitrogens is 5.